The monoisotopic (exact) mass is 330 g/mol. The molecule has 1 unspecified atom stereocenters. The SMILES string of the molecule is Nc1ccc2c(c1)N(Cc1ccccc1)C(=O)C(c1ccccc1)O2. The van der Waals surface area contributed by atoms with Crippen molar-refractivity contribution in [3.8, 4) is 5.75 Å². The van der Waals surface area contributed by atoms with Crippen LogP contribution in [-0.4, -0.2) is 5.91 Å². The molecule has 0 saturated heterocycles. The lowest BCUT2D eigenvalue weighted by Crippen LogP contribution is -2.40. The highest BCUT2D eigenvalue weighted by atomic mass is 16.5. The van der Waals surface area contributed by atoms with Gasteiger partial charge >= 0.3 is 0 Å². The Morgan fingerprint density at radius 3 is 2.32 bits per heavy atom. The van der Waals surface area contributed by atoms with Gasteiger partial charge in [-0.25, -0.2) is 0 Å². The Bertz CT molecular complexity index is 894. The van der Waals surface area contributed by atoms with Crippen LogP contribution >= 0.6 is 0 Å². The number of benzene rings is 3. The molecule has 4 heteroatoms. The molecule has 1 atom stereocenters. The van der Waals surface area contributed by atoms with Crippen molar-refractivity contribution in [3.63, 3.8) is 0 Å². The maximum Gasteiger partial charge on any atom is 0.273 e. The second-order valence-corrected chi connectivity index (χ2v) is 6.05. The predicted molar refractivity (Wildman–Crippen MR) is 98.3 cm³/mol. The van der Waals surface area contributed by atoms with Crippen LogP contribution in [0.2, 0.25) is 0 Å². The van der Waals surface area contributed by atoms with E-state index in [1.807, 2.05) is 66.7 Å². The number of hydrogen-bond donors (Lipinski definition) is 1. The van der Waals surface area contributed by atoms with Gasteiger partial charge in [-0.05, 0) is 23.8 Å². The molecule has 1 heterocycles. The fourth-order valence-corrected chi connectivity index (χ4v) is 3.05. The summed E-state index contributed by atoms with van der Waals surface area (Å²) >= 11 is 0. The summed E-state index contributed by atoms with van der Waals surface area (Å²) in [6, 6.07) is 24.9. The smallest absolute Gasteiger partial charge is 0.273 e. The Balaban J connectivity index is 1.77. The predicted octanol–water partition coefficient (Wildman–Crippen LogP) is 3.94. The summed E-state index contributed by atoms with van der Waals surface area (Å²) in [7, 11) is 0. The van der Waals surface area contributed by atoms with Gasteiger partial charge in [-0.1, -0.05) is 60.7 Å². The van der Waals surface area contributed by atoms with Gasteiger partial charge in [-0.3, -0.25) is 4.79 Å². The number of amides is 1. The first-order valence-electron chi connectivity index (χ1n) is 8.19. The second-order valence-electron chi connectivity index (χ2n) is 6.05. The molecule has 1 aliphatic rings. The van der Waals surface area contributed by atoms with E-state index in [0.29, 0.717) is 23.7 Å². The van der Waals surface area contributed by atoms with Crippen LogP contribution in [0, 0.1) is 0 Å². The maximum atomic E-state index is 13.2. The van der Waals surface area contributed by atoms with E-state index >= 15 is 0 Å². The van der Waals surface area contributed by atoms with Crippen molar-refractivity contribution in [2.45, 2.75) is 12.6 Å². The zero-order chi connectivity index (χ0) is 17.2. The molecule has 0 radical (unpaired) electrons. The molecule has 0 fully saturated rings. The van der Waals surface area contributed by atoms with E-state index in [1.165, 1.54) is 0 Å². The zero-order valence-corrected chi connectivity index (χ0v) is 13.6. The van der Waals surface area contributed by atoms with Crippen LogP contribution < -0.4 is 15.4 Å². The van der Waals surface area contributed by atoms with E-state index in [-0.39, 0.29) is 5.91 Å². The van der Waals surface area contributed by atoms with Gasteiger partial charge in [0, 0.05) is 11.3 Å². The fraction of sp³-hybridized carbons (Fsp3) is 0.0952. The number of anilines is 2. The number of nitrogens with two attached hydrogens (primary N) is 1. The molecule has 1 aliphatic heterocycles. The Morgan fingerprint density at radius 2 is 1.60 bits per heavy atom. The Hall–Kier alpha value is -3.27. The lowest BCUT2D eigenvalue weighted by molar-refractivity contribution is -0.126. The number of hydrogen-bond acceptors (Lipinski definition) is 3. The van der Waals surface area contributed by atoms with E-state index in [9.17, 15) is 4.79 Å². The molecule has 124 valence electrons. The summed E-state index contributed by atoms with van der Waals surface area (Å²) in [6.45, 7) is 0.475. The molecular weight excluding hydrogens is 312 g/mol. The fourth-order valence-electron chi connectivity index (χ4n) is 3.05. The Morgan fingerprint density at radius 1 is 0.920 bits per heavy atom. The number of carbonyl (C=O) groups excluding carboxylic acids is 1. The van der Waals surface area contributed by atoms with E-state index in [4.69, 9.17) is 10.5 Å². The summed E-state index contributed by atoms with van der Waals surface area (Å²) in [5, 5.41) is 0. The zero-order valence-electron chi connectivity index (χ0n) is 13.6. The van der Waals surface area contributed by atoms with Gasteiger partial charge in [-0.15, -0.1) is 0 Å². The standard InChI is InChI=1S/C21H18N2O2/c22-17-11-12-19-18(13-17)23(14-15-7-3-1-4-8-15)21(24)20(25-19)16-9-5-2-6-10-16/h1-13,20H,14,22H2. The number of fused-ring (bicyclic) bond motifs is 1. The van der Waals surface area contributed by atoms with Crippen molar-refractivity contribution in [1.29, 1.82) is 0 Å². The molecule has 0 aromatic heterocycles. The van der Waals surface area contributed by atoms with E-state index < -0.39 is 6.10 Å². The highest BCUT2D eigenvalue weighted by Crippen LogP contribution is 2.40. The van der Waals surface area contributed by atoms with E-state index in [1.54, 1.807) is 17.0 Å². The number of nitrogen functional groups attached to an aromatic ring is 1. The molecule has 2 N–H and O–H groups in total. The Kier molecular flexibility index (Phi) is 3.86. The van der Waals surface area contributed by atoms with Crippen LogP contribution in [0.3, 0.4) is 0 Å². The van der Waals surface area contributed by atoms with Gasteiger partial charge in [0.2, 0.25) is 6.10 Å². The van der Waals surface area contributed by atoms with Crippen molar-refractivity contribution in [1.82, 2.24) is 0 Å². The van der Waals surface area contributed by atoms with Gasteiger partial charge in [-0.2, -0.15) is 0 Å². The number of ether oxygens (including phenoxy) is 1. The van der Waals surface area contributed by atoms with E-state index in [0.717, 1.165) is 11.1 Å². The van der Waals surface area contributed by atoms with Crippen LogP contribution in [0.5, 0.6) is 5.75 Å². The normalized spacial score (nSPS) is 16.2. The van der Waals surface area contributed by atoms with Crippen LogP contribution in [0.15, 0.2) is 78.9 Å². The molecule has 0 aliphatic carbocycles. The minimum absolute atomic E-state index is 0.0897. The highest BCUT2D eigenvalue weighted by Gasteiger charge is 2.35. The molecule has 4 nitrogen and oxygen atoms in total. The number of rotatable bonds is 3. The molecular formula is C21H18N2O2. The van der Waals surface area contributed by atoms with Crippen molar-refractivity contribution in [3.05, 3.63) is 90.0 Å². The first-order valence-corrected chi connectivity index (χ1v) is 8.19. The summed E-state index contributed by atoms with van der Waals surface area (Å²) in [6.07, 6.45) is -0.652. The van der Waals surface area contributed by atoms with Crippen molar-refractivity contribution >= 4 is 17.3 Å². The summed E-state index contributed by atoms with van der Waals surface area (Å²) in [5.41, 5.74) is 9.14. The summed E-state index contributed by atoms with van der Waals surface area (Å²) in [4.78, 5) is 14.9. The van der Waals surface area contributed by atoms with Crippen LogP contribution in [-0.2, 0) is 11.3 Å². The molecule has 1 amide bonds. The third-order valence-corrected chi connectivity index (χ3v) is 4.29. The maximum absolute atomic E-state index is 13.2. The summed E-state index contributed by atoms with van der Waals surface area (Å²) < 4.78 is 6.01. The minimum Gasteiger partial charge on any atom is -0.474 e. The van der Waals surface area contributed by atoms with Crippen LogP contribution in [0.1, 0.15) is 17.2 Å². The minimum atomic E-state index is -0.652. The molecule has 3 aromatic carbocycles. The lowest BCUT2D eigenvalue weighted by atomic mass is 10.0. The third kappa shape index (κ3) is 2.94. The topological polar surface area (TPSA) is 55.6 Å². The first-order chi connectivity index (χ1) is 12.2. The van der Waals surface area contributed by atoms with E-state index in [2.05, 4.69) is 0 Å². The average Bonchev–Trinajstić information content (AvgIpc) is 2.65. The third-order valence-electron chi connectivity index (χ3n) is 4.29. The van der Waals surface area contributed by atoms with Gasteiger partial charge < -0.3 is 15.4 Å². The van der Waals surface area contributed by atoms with Crippen molar-refractivity contribution in [2.24, 2.45) is 0 Å². The Labute approximate surface area is 146 Å². The van der Waals surface area contributed by atoms with Crippen molar-refractivity contribution in [2.75, 3.05) is 10.6 Å². The first kappa shape index (κ1) is 15.3. The van der Waals surface area contributed by atoms with Crippen LogP contribution in [0.25, 0.3) is 0 Å². The molecule has 0 bridgehead atoms. The molecule has 4 rings (SSSR count). The summed E-state index contributed by atoms with van der Waals surface area (Å²) in [5.74, 6) is 0.576. The van der Waals surface area contributed by atoms with Crippen molar-refractivity contribution < 1.29 is 9.53 Å². The van der Waals surface area contributed by atoms with Gasteiger partial charge in [0.05, 0.1) is 12.2 Å². The number of nitrogens with zero attached hydrogens (tertiary/aromatic N) is 1. The molecule has 25 heavy (non-hydrogen) atoms. The average molecular weight is 330 g/mol. The molecule has 3 aromatic rings. The lowest BCUT2D eigenvalue weighted by Gasteiger charge is -2.34. The largest absolute Gasteiger partial charge is 0.474 e. The quantitative estimate of drug-likeness (QED) is 0.740. The van der Waals surface area contributed by atoms with Gasteiger partial charge in [0.1, 0.15) is 5.75 Å². The number of carbonyl (C=O) groups is 1. The molecule has 0 spiro atoms. The molecule has 0 saturated carbocycles. The van der Waals surface area contributed by atoms with Crippen LogP contribution in [0.4, 0.5) is 11.4 Å². The second kappa shape index (κ2) is 6.32. The van der Waals surface area contributed by atoms with Gasteiger partial charge in [0.15, 0.2) is 0 Å². The van der Waals surface area contributed by atoms with Gasteiger partial charge in [0.25, 0.3) is 5.91 Å². The highest BCUT2D eigenvalue weighted by molar-refractivity contribution is 6.01.